The van der Waals surface area contributed by atoms with Gasteiger partial charge in [0, 0.05) is 0 Å². The molecule has 0 bridgehead atoms. The number of benzene rings is 1. The van der Waals surface area contributed by atoms with Crippen LogP contribution >= 0.6 is 0 Å². The second-order valence-corrected chi connectivity index (χ2v) is 3.76. The maximum absolute atomic E-state index is 12.5. The molecule has 1 rings (SSSR count). The third kappa shape index (κ3) is 2.07. The van der Waals surface area contributed by atoms with E-state index in [0.29, 0.717) is 0 Å². The standard InChI is InChI=1S/C9H12BF/c1-9(2,10)7-3-5-8(11)6-4-7/h3-6H,10H2,1-2H3. The van der Waals surface area contributed by atoms with Gasteiger partial charge in [0.25, 0.3) is 0 Å². The van der Waals surface area contributed by atoms with Gasteiger partial charge in [0.2, 0.25) is 0 Å². The van der Waals surface area contributed by atoms with Gasteiger partial charge < -0.3 is 0 Å². The van der Waals surface area contributed by atoms with E-state index in [9.17, 15) is 4.39 Å². The molecule has 0 saturated heterocycles. The SMILES string of the molecule is BC(C)(C)c1ccc(F)cc1. The van der Waals surface area contributed by atoms with Crippen molar-refractivity contribution >= 4 is 7.85 Å². The molecule has 0 aliphatic heterocycles. The van der Waals surface area contributed by atoms with Crippen LogP contribution in [0.4, 0.5) is 4.39 Å². The largest absolute Gasteiger partial charge is 0.207 e. The highest BCUT2D eigenvalue weighted by molar-refractivity contribution is 6.15. The van der Waals surface area contributed by atoms with E-state index in [1.807, 2.05) is 12.1 Å². The normalized spacial score (nSPS) is 11.5. The molecule has 2 heteroatoms. The monoisotopic (exact) mass is 150 g/mol. The molecule has 0 aliphatic carbocycles. The number of hydrogen-bond donors (Lipinski definition) is 0. The first-order valence-corrected chi connectivity index (χ1v) is 3.76. The highest BCUT2D eigenvalue weighted by atomic mass is 19.1. The zero-order chi connectivity index (χ0) is 8.48. The number of rotatable bonds is 1. The molecule has 0 N–H and O–H groups in total. The first-order valence-electron chi connectivity index (χ1n) is 3.76. The van der Waals surface area contributed by atoms with Crippen LogP contribution in [0.2, 0.25) is 0 Å². The smallest absolute Gasteiger partial charge is 0.123 e. The molecule has 0 aliphatic rings. The lowest BCUT2D eigenvalue weighted by Crippen LogP contribution is -2.16. The molecule has 58 valence electrons. The summed E-state index contributed by atoms with van der Waals surface area (Å²) in [6.45, 7) is 4.22. The molecule has 0 nitrogen and oxygen atoms in total. The zero-order valence-electron chi connectivity index (χ0n) is 7.19. The van der Waals surface area contributed by atoms with Gasteiger partial charge >= 0.3 is 0 Å². The lowest BCUT2D eigenvalue weighted by Gasteiger charge is -2.18. The predicted molar refractivity (Wildman–Crippen MR) is 48.0 cm³/mol. The highest BCUT2D eigenvalue weighted by Gasteiger charge is 2.12. The van der Waals surface area contributed by atoms with Crippen molar-refractivity contribution in [1.82, 2.24) is 0 Å². The molecule has 1 aromatic rings. The average molecular weight is 150 g/mol. The minimum atomic E-state index is -0.169. The second-order valence-electron chi connectivity index (χ2n) is 3.76. The summed E-state index contributed by atoms with van der Waals surface area (Å²) in [5.74, 6) is -0.169. The van der Waals surface area contributed by atoms with E-state index < -0.39 is 0 Å². The summed E-state index contributed by atoms with van der Waals surface area (Å²) in [6, 6.07) is 6.66. The Hall–Kier alpha value is -0.785. The minimum Gasteiger partial charge on any atom is -0.207 e. The molecule has 0 atom stereocenters. The molecule has 0 saturated carbocycles. The van der Waals surface area contributed by atoms with Gasteiger partial charge in [-0.15, -0.1) is 0 Å². The van der Waals surface area contributed by atoms with E-state index in [-0.39, 0.29) is 11.1 Å². The van der Waals surface area contributed by atoms with Gasteiger partial charge in [0.1, 0.15) is 13.7 Å². The summed E-state index contributed by atoms with van der Waals surface area (Å²) in [4.78, 5) is 0. The second kappa shape index (κ2) is 2.69. The highest BCUT2D eigenvalue weighted by Crippen LogP contribution is 2.18. The number of halogens is 1. The topological polar surface area (TPSA) is 0 Å². The zero-order valence-corrected chi connectivity index (χ0v) is 7.19. The van der Waals surface area contributed by atoms with E-state index >= 15 is 0 Å². The fourth-order valence-corrected chi connectivity index (χ4v) is 0.950. The summed E-state index contributed by atoms with van der Waals surface area (Å²) in [5.41, 5.74) is 1.17. The summed E-state index contributed by atoms with van der Waals surface area (Å²) in [5, 5.41) is 0.119. The van der Waals surface area contributed by atoms with Gasteiger partial charge in [-0.3, -0.25) is 0 Å². The molecular formula is C9H12BF. The Morgan fingerprint density at radius 3 is 2.00 bits per heavy atom. The van der Waals surface area contributed by atoms with Gasteiger partial charge in [-0.2, -0.15) is 0 Å². The Kier molecular flexibility index (Phi) is 2.03. The van der Waals surface area contributed by atoms with Crippen LogP contribution in [0.1, 0.15) is 19.4 Å². The molecule has 1 aromatic carbocycles. The summed E-state index contributed by atoms with van der Waals surface area (Å²) >= 11 is 0. The molecule has 0 fully saturated rings. The van der Waals surface area contributed by atoms with Crippen LogP contribution in [0.5, 0.6) is 0 Å². The van der Waals surface area contributed by atoms with E-state index in [1.165, 1.54) is 17.7 Å². The summed E-state index contributed by atoms with van der Waals surface area (Å²) in [7, 11) is 2.11. The Morgan fingerprint density at radius 2 is 1.64 bits per heavy atom. The van der Waals surface area contributed by atoms with Crippen molar-refractivity contribution in [1.29, 1.82) is 0 Å². The molecule has 0 spiro atoms. The quantitative estimate of drug-likeness (QED) is 0.534. The molecule has 11 heavy (non-hydrogen) atoms. The van der Waals surface area contributed by atoms with Gasteiger partial charge in [0.05, 0.1) is 0 Å². The van der Waals surface area contributed by atoms with Crippen LogP contribution in [-0.2, 0) is 5.31 Å². The van der Waals surface area contributed by atoms with Crippen molar-refractivity contribution in [2.45, 2.75) is 19.2 Å². The Balaban J connectivity index is 2.99. The Morgan fingerprint density at radius 1 is 1.18 bits per heavy atom. The Bertz CT molecular complexity index is 233. The van der Waals surface area contributed by atoms with Crippen LogP contribution < -0.4 is 0 Å². The summed E-state index contributed by atoms with van der Waals surface area (Å²) < 4.78 is 12.5. The van der Waals surface area contributed by atoms with Crippen molar-refractivity contribution in [2.24, 2.45) is 0 Å². The van der Waals surface area contributed by atoms with E-state index in [1.54, 1.807) is 0 Å². The maximum atomic E-state index is 12.5. The molecule has 0 radical (unpaired) electrons. The van der Waals surface area contributed by atoms with Crippen LogP contribution in [0.25, 0.3) is 0 Å². The van der Waals surface area contributed by atoms with E-state index in [0.717, 1.165) is 0 Å². The van der Waals surface area contributed by atoms with Crippen molar-refractivity contribution in [3.8, 4) is 0 Å². The van der Waals surface area contributed by atoms with Crippen molar-refractivity contribution in [2.75, 3.05) is 0 Å². The van der Waals surface area contributed by atoms with Crippen LogP contribution in [-0.4, -0.2) is 7.85 Å². The van der Waals surface area contributed by atoms with Gasteiger partial charge in [-0.1, -0.05) is 31.5 Å². The van der Waals surface area contributed by atoms with Crippen LogP contribution in [0.3, 0.4) is 0 Å². The minimum absolute atomic E-state index is 0.119. The average Bonchev–Trinajstić information content (AvgIpc) is 1.86. The Labute approximate surface area is 67.8 Å². The van der Waals surface area contributed by atoms with E-state index in [4.69, 9.17) is 0 Å². The summed E-state index contributed by atoms with van der Waals surface area (Å²) in [6.07, 6.45) is 0. The van der Waals surface area contributed by atoms with Crippen molar-refractivity contribution < 1.29 is 4.39 Å². The molecular weight excluding hydrogens is 138 g/mol. The maximum Gasteiger partial charge on any atom is 0.123 e. The van der Waals surface area contributed by atoms with Crippen LogP contribution in [0.15, 0.2) is 24.3 Å². The molecule has 0 amide bonds. The first kappa shape index (κ1) is 8.31. The predicted octanol–water partition coefficient (Wildman–Crippen LogP) is 1.69. The van der Waals surface area contributed by atoms with Crippen LogP contribution in [0, 0.1) is 5.82 Å². The molecule has 0 unspecified atom stereocenters. The molecule has 0 aromatic heterocycles. The lowest BCUT2D eigenvalue weighted by atomic mass is 9.67. The van der Waals surface area contributed by atoms with Gasteiger partial charge in [-0.25, -0.2) is 4.39 Å². The fourth-order valence-electron chi connectivity index (χ4n) is 0.950. The van der Waals surface area contributed by atoms with Crippen molar-refractivity contribution in [3.05, 3.63) is 35.6 Å². The van der Waals surface area contributed by atoms with Crippen molar-refractivity contribution in [3.63, 3.8) is 0 Å². The van der Waals surface area contributed by atoms with Gasteiger partial charge in [0.15, 0.2) is 0 Å². The first-order chi connectivity index (χ1) is 5.00. The third-order valence-electron chi connectivity index (χ3n) is 1.71. The number of hydrogen-bond acceptors (Lipinski definition) is 0. The fraction of sp³-hybridized carbons (Fsp3) is 0.333. The van der Waals surface area contributed by atoms with Gasteiger partial charge in [-0.05, 0) is 17.4 Å². The third-order valence-corrected chi connectivity index (χ3v) is 1.71. The molecule has 0 heterocycles. The lowest BCUT2D eigenvalue weighted by molar-refractivity contribution is 0.625. The van der Waals surface area contributed by atoms with E-state index in [2.05, 4.69) is 21.7 Å².